The second-order valence-electron chi connectivity index (χ2n) is 5.89. The summed E-state index contributed by atoms with van der Waals surface area (Å²) in [5.41, 5.74) is 7.99. The van der Waals surface area contributed by atoms with Crippen molar-refractivity contribution in [2.24, 2.45) is 10.8 Å². The molecule has 0 unspecified atom stereocenters. The van der Waals surface area contributed by atoms with E-state index >= 15 is 0 Å². The molecule has 0 aromatic heterocycles. The van der Waals surface area contributed by atoms with E-state index in [9.17, 15) is 9.59 Å². The van der Waals surface area contributed by atoms with Crippen LogP contribution >= 0.6 is 0 Å². The van der Waals surface area contributed by atoms with Crippen molar-refractivity contribution in [3.63, 3.8) is 0 Å². The molecule has 0 aliphatic carbocycles. The summed E-state index contributed by atoms with van der Waals surface area (Å²) in [4.78, 5) is 23.6. The van der Waals surface area contributed by atoms with Crippen LogP contribution in [0.25, 0.3) is 10.8 Å². The summed E-state index contributed by atoms with van der Waals surface area (Å²) in [6.45, 7) is 0. The Morgan fingerprint density at radius 1 is 0.966 bits per heavy atom. The molecule has 0 aliphatic rings. The minimum absolute atomic E-state index is 0.276. The molecule has 0 saturated heterocycles. The number of carbonyl (C=O) groups excluding carboxylic acids is 2. The van der Waals surface area contributed by atoms with Gasteiger partial charge in [0.15, 0.2) is 11.5 Å². The average molecular weight is 393 g/mol. The number of nitrogens with two attached hydrogens (primary N) is 1. The predicted molar refractivity (Wildman–Crippen MR) is 109 cm³/mol. The number of urea groups is 1. The van der Waals surface area contributed by atoms with Gasteiger partial charge in [0.05, 0.1) is 26.0 Å². The van der Waals surface area contributed by atoms with Crippen molar-refractivity contribution < 1.29 is 23.8 Å². The molecule has 2 amide bonds. The lowest BCUT2D eigenvalue weighted by molar-refractivity contribution is 0.0734. The maximum absolute atomic E-state index is 12.7. The van der Waals surface area contributed by atoms with Crippen LogP contribution in [0.4, 0.5) is 4.79 Å². The van der Waals surface area contributed by atoms with Gasteiger partial charge < -0.3 is 19.9 Å². The van der Waals surface area contributed by atoms with Gasteiger partial charge in [-0.05, 0) is 35.0 Å². The molecule has 3 rings (SSSR count). The number of hydrogen-bond acceptors (Lipinski definition) is 6. The highest BCUT2D eigenvalue weighted by atomic mass is 16.5. The molecule has 0 atom stereocenters. The quantitative estimate of drug-likeness (QED) is 0.289. The molecule has 8 heteroatoms. The van der Waals surface area contributed by atoms with Gasteiger partial charge in [0.1, 0.15) is 5.75 Å². The van der Waals surface area contributed by atoms with Crippen molar-refractivity contribution in [2.45, 2.75) is 0 Å². The van der Waals surface area contributed by atoms with Gasteiger partial charge in [-0.25, -0.2) is 15.0 Å². The fourth-order valence-electron chi connectivity index (χ4n) is 2.78. The first-order valence-corrected chi connectivity index (χ1v) is 8.58. The van der Waals surface area contributed by atoms with Crippen LogP contribution in [0.15, 0.2) is 59.7 Å². The Labute approximate surface area is 166 Å². The summed E-state index contributed by atoms with van der Waals surface area (Å²) < 4.78 is 16.0. The fourth-order valence-corrected chi connectivity index (χ4v) is 2.78. The third-order valence-electron chi connectivity index (χ3n) is 4.12. The van der Waals surface area contributed by atoms with E-state index in [0.717, 1.165) is 10.8 Å². The predicted octanol–water partition coefficient (Wildman–Crippen LogP) is 3.08. The van der Waals surface area contributed by atoms with E-state index in [4.69, 9.17) is 19.9 Å². The molecule has 3 aromatic carbocycles. The highest BCUT2D eigenvalue weighted by Crippen LogP contribution is 2.30. The first-order chi connectivity index (χ1) is 14.0. The van der Waals surface area contributed by atoms with Gasteiger partial charge in [-0.15, -0.1) is 0 Å². The average Bonchev–Trinajstić information content (AvgIpc) is 2.74. The lowest BCUT2D eigenvalue weighted by Crippen LogP contribution is -2.24. The number of nitrogens with one attached hydrogen (secondary N) is 1. The Morgan fingerprint density at radius 2 is 1.69 bits per heavy atom. The molecule has 0 spiro atoms. The smallest absolute Gasteiger partial charge is 0.343 e. The largest absolute Gasteiger partial charge is 0.493 e. The molecule has 0 radical (unpaired) electrons. The minimum Gasteiger partial charge on any atom is -0.493 e. The number of benzene rings is 3. The van der Waals surface area contributed by atoms with Gasteiger partial charge in [-0.1, -0.05) is 30.3 Å². The topological polar surface area (TPSA) is 112 Å². The van der Waals surface area contributed by atoms with Crippen molar-refractivity contribution in [3.05, 3.63) is 65.7 Å². The molecule has 0 aliphatic heterocycles. The maximum Gasteiger partial charge on any atom is 0.343 e. The Morgan fingerprint density at radius 3 is 2.41 bits per heavy atom. The number of fused-ring (bicyclic) bond motifs is 1. The van der Waals surface area contributed by atoms with Gasteiger partial charge in [-0.2, -0.15) is 5.10 Å². The van der Waals surface area contributed by atoms with Crippen LogP contribution < -0.4 is 25.4 Å². The summed E-state index contributed by atoms with van der Waals surface area (Å²) >= 11 is 0. The van der Waals surface area contributed by atoms with Crippen LogP contribution in [0, 0.1) is 0 Å². The number of amides is 2. The second-order valence-corrected chi connectivity index (χ2v) is 5.89. The van der Waals surface area contributed by atoms with E-state index in [1.807, 2.05) is 30.3 Å². The number of nitrogens with zero attached hydrogens (tertiary/aromatic N) is 1. The van der Waals surface area contributed by atoms with Gasteiger partial charge in [-0.3, -0.25) is 0 Å². The summed E-state index contributed by atoms with van der Waals surface area (Å²) in [5, 5.41) is 5.51. The summed E-state index contributed by atoms with van der Waals surface area (Å²) in [6.07, 6.45) is 1.38. The molecular formula is C21H19N3O5. The highest BCUT2D eigenvalue weighted by Gasteiger charge is 2.16. The van der Waals surface area contributed by atoms with Gasteiger partial charge in [0, 0.05) is 5.56 Å². The Bertz CT molecular complexity index is 1090. The zero-order chi connectivity index (χ0) is 20.8. The van der Waals surface area contributed by atoms with E-state index in [0.29, 0.717) is 17.1 Å². The van der Waals surface area contributed by atoms with Crippen LogP contribution in [-0.4, -0.2) is 32.4 Å². The standard InChI is InChI=1S/C21H19N3O5/c1-27-18-10-8-14(11-19(18)28-2)20(25)29-17-9-7-13-5-3-4-6-15(13)16(17)12-23-24-21(22)26/h3-12H,1-2H3,(H3,22,24,26)/b23-12-. The molecule has 29 heavy (non-hydrogen) atoms. The van der Waals surface area contributed by atoms with Gasteiger partial charge in [0.2, 0.25) is 0 Å². The number of ether oxygens (including phenoxy) is 3. The summed E-state index contributed by atoms with van der Waals surface area (Å²) in [6, 6.07) is 14.9. The van der Waals surface area contributed by atoms with Crippen molar-refractivity contribution in [1.82, 2.24) is 5.43 Å². The van der Waals surface area contributed by atoms with E-state index in [1.54, 1.807) is 18.2 Å². The van der Waals surface area contributed by atoms with Crippen molar-refractivity contribution in [1.29, 1.82) is 0 Å². The number of rotatable bonds is 6. The first-order valence-electron chi connectivity index (χ1n) is 8.58. The normalized spacial score (nSPS) is 10.7. The molecule has 0 heterocycles. The van der Waals surface area contributed by atoms with E-state index in [1.165, 1.54) is 26.5 Å². The van der Waals surface area contributed by atoms with Gasteiger partial charge in [0.25, 0.3) is 0 Å². The number of hydrogen-bond donors (Lipinski definition) is 2. The molecule has 0 bridgehead atoms. The molecule has 3 aromatic rings. The monoisotopic (exact) mass is 393 g/mol. The number of esters is 1. The summed E-state index contributed by atoms with van der Waals surface area (Å²) in [5.74, 6) is 0.602. The van der Waals surface area contributed by atoms with Crippen LogP contribution in [-0.2, 0) is 0 Å². The van der Waals surface area contributed by atoms with Crippen LogP contribution in [0.1, 0.15) is 15.9 Å². The zero-order valence-electron chi connectivity index (χ0n) is 15.8. The molecule has 8 nitrogen and oxygen atoms in total. The van der Waals surface area contributed by atoms with E-state index < -0.39 is 12.0 Å². The highest BCUT2D eigenvalue weighted by molar-refractivity contribution is 6.04. The lowest BCUT2D eigenvalue weighted by Gasteiger charge is -2.12. The third-order valence-corrected chi connectivity index (χ3v) is 4.12. The molecule has 0 fully saturated rings. The van der Waals surface area contributed by atoms with E-state index in [-0.39, 0.29) is 11.3 Å². The molecular weight excluding hydrogens is 374 g/mol. The Kier molecular flexibility index (Phi) is 5.94. The van der Waals surface area contributed by atoms with Crippen LogP contribution in [0.3, 0.4) is 0 Å². The fraction of sp³-hybridized carbons (Fsp3) is 0.0952. The molecule has 148 valence electrons. The van der Waals surface area contributed by atoms with Crippen molar-refractivity contribution in [2.75, 3.05) is 14.2 Å². The Hall–Kier alpha value is -4.07. The zero-order valence-corrected chi connectivity index (χ0v) is 15.8. The number of carbonyl (C=O) groups is 2. The van der Waals surface area contributed by atoms with E-state index in [2.05, 4.69) is 10.5 Å². The number of primary amides is 1. The minimum atomic E-state index is -0.801. The number of hydrazone groups is 1. The maximum atomic E-state index is 12.7. The third kappa shape index (κ3) is 4.44. The summed E-state index contributed by atoms with van der Waals surface area (Å²) in [7, 11) is 2.99. The second kappa shape index (κ2) is 8.75. The van der Waals surface area contributed by atoms with Crippen molar-refractivity contribution in [3.8, 4) is 17.2 Å². The molecule has 0 saturated carbocycles. The van der Waals surface area contributed by atoms with Crippen molar-refractivity contribution >= 4 is 29.0 Å². The van der Waals surface area contributed by atoms with Crippen LogP contribution in [0.2, 0.25) is 0 Å². The van der Waals surface area contributed by atoms with Gasteiger partial charge >= 0.3 is 12.0 Å². The lowest BCUT2D eigenvalue weighted by atomic mass is 10.0. The SMILES string of the molecule is COc1ccc(C(=O)Oc2ccc3ccccc3c2/C=N\NC(N)=O)cc1OC. The Balaban J connectivity index is 1.97. The van der Waals surface area contributed by atoms with Crippen LogP contribution in [0.5, 0.6) is 17.2 Å². The number of methoxy groups -OCH3 is 2. The molecule has 3 N–H and O–H groups in total. The first kappa shape index (κ1) is 19.7.